The molecule has 190 valence electrons. The second kappa shape index (κ2) is 7.77. The highest BCUT2D eigenvalue weighted by molar-refractivity contribution is 5.93. The van der Waals surface area contributed by atoms with Gasteiger partial charge in [-0.3, -0.25) is 9.59 Å². The molecule has 2 saturated carbocycles. The molecule has 0 radical (unpaired) electrons. The number of fused-ring (bicyclic) bond motifs is 5. The number of ether oxygens (including phenoxy) is 2. The van der Waals surface area contributed by atoms with Gasteiger partial charge in [0.2, 0.25) is 0 Å². The molecule has 1 aromatic heterocycles. The fourth-order valence-electron chi connectivity index (χ4n) is 8.18. The van der Waals surface area contributed by atoms with Crippen LogP contribution in [0.3, 0.4) is 0 Å². The van der Waals surface area contributed by atoms with Gasteiger partial charge in [-0.15, -0.1) is 0 Å². The molecular weight excluding hydrogens is 452 g/mol. The average Bonchev–Trinajstić information content (AvgIpc) is 3.34. The van der Waals surface area contributed by atoms with Crippen molar-refractivity contribution in [2.24, 2.45) is 34.0 Å². The van der Waals surface area contributed by atoms with Crippen molar-refractivity contribution in [3.8, 4) is 0 Å². The van der Waals surface area contributed by atoms with Crippen LogP contribution in [0.25, 0.3) is 0 Å². The summed E-state index contributed by atoms with van der Waals surface area (Å²) >= 11 is 0. The van der Waals surface area contributed by atoms with Crippen LogP contribution in [0.2, 0.25) is 0 Å². The van der Waals surface area contributed by atoms with E-state index in [9.17, 15) is 24.6 Å². The third-order valence-corrected chi connectivity index (χ3v) is 9.83. The molecule has 2 bridgehead atoms. The van der Waals surface area contributed by atoms with Gasteiger partial charge in [0.05, 0.1) is 32.2 Å². The third-order valence-electron chi connectivity index (χ3n) is 9.83. The van der Waals surface area contributed by atoms with Crippen molar-refractivity contribution in [1.29, 1.82) is 0 Å². The lowest BCUT2D eigenvalue weighted by Gasteiger charge is -2.63. The molecule has 35 heavy (non-hydrogen) atoms. The molecule has 1 aliphatic heterocycles. The maximum atomic E-state index is 13.9. The molecule has 8 unspecified atom stereocenters. The van der Waals surface area contributed by atoms with Gasteiger partial charge in [0.15, 0.2) is 6.10 Å². The number of carbonyl (C=O) groups excluding carboxylic acids is 3. The van der Waals surface area contributed by atoms with Crippen molar-refractivity contribution in [1.82, 2.24) is 0 Å². The zero-order valence-electron chi connectivity index (χ0n) is 20.9. The number of aliphatic hydroxyl groups is 2. The van der Waals surface area contributed by atoms with E-state index in [2.05, 4.69) is 6.92 Å². The number of allylic oxidation sites excluding steroid dienone is 1. The minimum absolute atomic E-state index is 0.122. The highest BCUT2D eigenvalue weighted by Gasteiger charge is 2.69. The molecule has 2 heterocycles. The summed E-state index contributed by atoms with van der Waals surface area (Å²) in [7, 11) is 1.20. The van der Waals surface area contributed by atoms with E-state index < -0.39 is 52.4 Å². The number of methoxy groups -OCH3 is 1. The topological polar surface area (TPSA) is 123 Å². The summed E-state index contributed by atoms with van der Waals surface area (Å²) in [5.74, 6) is -3.07. The monoisotopic (exact) mass is 486 g/mol. The molecule has 0 amide bonds. The Morgan fingerprint density at radius 2 is 1.94 bits per heavy atom. The van der Waals surface area contributed by atoms with E-state index in [0.29, 0.717) is 19.3 Å². The fraction of sp³-hybridized carbons (Fsp3) is 0.667. The van der Waals surface area contributed by atoms with Crippen molar-refractivity contribution < 1.29 is 38.5 Å². The number of carbonyl (C=O) groups is 3. The number of ketones is 1. The molecule has 2 N–H and O–H groups in total. The molecular formula is C27H34O8. The Labute approximate surface area is 204 Å². The Balaban J connectivity index is 1.69. The maximum absolute atomic E-state index is 13.9. The molecule has 3 fully saturated rings. The SMILES string of the molecule is COC(=O)C(O)C1C(C)(C)C(O)C2CC3=C4CC(=O)OC(c5ccoc5)C4(C)CCC3C1(C)C2=O. The number of cyclic esters (lactones) is 1. The van der Waals surface area contributed by atoms with E-state index >= 15 is 0 Å². The van der Waals surface area contributed by atoms with E-state index in [0.717, 1.165) is 16.7 Å². The Morgan fingerprint density at radius 1 is 1.23 bits per heavy atom. The van der Waals surface area contributed by atoms with Crippen molar-refractivity contribution in [2.45, 2.75) is 71.7 Å². The van der Waals surface area contributed by atoms with Gasteiger partial charge in [0.1, 0.15) is 11.9 Å². The van der Waals surface area contributed by atoms with Gasteiger partial charge >= 0.3 is 11.9 Å². The summed E-state index contributed by atoms with van der Waals surface area (Å²) in [4.78, 5) is 39.2. The highest BCUT2D eigenvalue weighted by Crippen LogP contribution is 2.67. The summed E-state index contributed by atoms with van der Waals surface area (Å²) < 4.78 is 16.0. The van der Waals surface area contributed by atoms with E-state index in [1.807, 2.05) is 20.8 Å². The van der Waals surface area contributed by atoms with Gasteiger partial charge in [0.25, 0.3) is 0 Å². The predicted molar refractivity (Wildman–Crippen MR) is 123 cm³/mol. The van der Waals surface area contributed by atoms with E-state index in [1.54, 1.807) is 18.6 Å². The summed E-state index contributed by atoms with van der Waals surface area (Å²) in [5.41, 5.74) is 0.241. The minimum atomic E-state index is -1.56. The van der Waals surface area contributed by atoms with Crippen molar-refractivity contribution in [2.75, 3.05) is 7.11 Å². The molecule has 0 spiro atoms. The van der Waals surface area contributed by atoms with Gasteiger partial charge in [-0.1, -0.05) is 33.3 Å². The van der Waals surface area contributed by atoms with Gasteiger partial charge in [-0.2, -0.15) is 0 Å². The number of hydrogen-bond acceptors (Lipinski definition) is 8. The first-order valence-electron chi connectivity index (χ1n) is 12.3. The van der Waals surface area contributed by atoms with Crippen LogP contribution in [0, 0.1) is 34.0 Å². The van der Waals surface area contributed by atoms with Crippen LogP contribution in [0.5, 0.6) is 0 Å². The molecule has 0 aromatic carbocycles. The minimum Gasteiger partial charge on any atom is -0.472 e. The first kappa shape index (κ1) is 24.3. The van der Waals surface area contributed by atoms with Gasteiger partial charge < -0.3 is 24.1 Å². The second-order valence-corrected chi connectivity index (χ2v) is 11.8. The number of Topliss-reactive ketones (excluding diaryl/α,β-unsaturated/α-hetero) is 1. The normalized spacial score (nSPS) is 40.9. The first-order valence-corrected chi connectivity index (χ1v) is 12.3. The molecule has 8 nitrogen and oxygen atoms in total. The molecule has 8 heteroatoms. The van der Waals surface area contributed by atoms with Gasteiger partial charge in [-0.25, -0.2) is 4.79 Å². The Morgan fingerprint density at radius 3 is 2.57 bits per heavy atom. The third kappa shape index (κ3) is 3.08. The molecule has 8 atom stereocenters. The van der Waals surface area contributed by atoms with Crippen LogP contribution in [-0.4, -0.2) is 47.3 Å². The van der Waals surface area contributed by atoms with Crippen LogP contribution in [0.15, 0.2) is 34.2 Å². The van der Waals surface area contributed by atoms with E-state index in [1.165, 1.54) is 7.11 Å². The molecule has 1 aromatic rings. The maximum Gasteiger partial charge on any atom is 0.335 e. The highest BCUT2D eigenvalue weighted by atomic mass is 16.5. The fourth-order valence-corrected chi connectivity index (χ4v) is 8.18. The number of rotatable bonds is 3. The average molecular weight is 487 g/mol. The Bertz CT molecular complexity index is 1100. The van der Waals surface area contributed by atoms with E-state index in [-0.39, 0.29) is 24.1 Å². The standard InChI is InChI=1S/C27H34O8/c1-25(2)20(19(29)24(32)33-5)27(4)16-6-8-26(3)17(14(16)10-15(21(25)30)22(27)31)11-18(28)35-23(26)13-7-9-34-12-13/h7,9,12,15-16,19-21,23,29-30H,6,8,10-11H2,1-5H3. The van der Waals surface area contributed by atoms with E-state index in [4.69, 9.17) is 13.9 Å². The summed E-state index contributed by atoms with van der Waals surface area (Å²) in [6.45, 7) is 7.54. The quantitative estimate of drug-likeness (QED) is 0.493. The molecule has 3 aliphatic carbocycles. The number of furan rings is 1. The largest absolute Gasteiger partial charge is 0.472 e. The zero-order valence-corrected chi connectivity index (χ0v) is 20.9. The van der Waals surface area contributed by atoms with Crippen molar-refractivity contribution in [3.05, 3.63) is 35.3 Å². The smallest absolute Gasteiger partial charge is 0.335 e. The Kier molecular flexibility index (Phi) is 5.39. The van der Waals surface area contributed by atoms with Crippen LogP contribution in [-0.2, 0) is 23.9 Å². The predicted octanol–water partition coefficient (Wildman–Crippen LogP) is 3.13. The number of esters is 2. The number of aliphatic hydroxyl groups excluding tert-OH is 2. The second-order valence-electron chi connectivity index (χ2n) is 11.8. The van der Waals surface area contributed by atoms with Crippen LogP contribution >= 0.6 is 0 Å². The molecule has 5 rings (SSSR count). The molecule has 1 saturated heterocycles. The lowest BCUT2D eigenvalue weighted by atomic mass is 9.40. The van der Waals surface area contributed by atoms with Crippen molar-refractivity contribution >= 4 is 17.7 Å². The molecule has 4 aliphatic rings. The first-order chi connectivity index (χ1) is 16.4. The van der Waals surface area contributed by atoms with Crippen LogP contribution < -0.4 is 0 Å². The lowest BCUT2D eigenvalue weighted by Crippen LogP contribution is -2.68. The summed E-state index contributed by atoms with van der Waals surface area (Å²) in [5, 5.41) is 22.5. The number of hydrogen-bond donors (Lipinski definition) is 2. The van der Waals surface area contributed by atoms with Crippen LogP contribution in [0.1, 0.15) is 65.0 Å². The van der Waals surface area contributed by atoms with Crippen LogP contribution in [0.4, 0.5) is 0 Å². The summed E-state index contributed by atoms with van der Waals surface area (Å²) in [6, 6.07) is 1.80. The van der Waals surface area contributed by atoms with Gasteiger partial charge in [-0.05, 0) is 42.2 Å². The Hall–Kier alpha value is -2.45. The lowest BCUT2D eigenvalue weighted by molar-refractivity contribution is -0.203. The summed E-state index contributed by atoms with van der Waals surface area (Å²) in [6.07, 6.45) is 1.80. The zero-order chi connectivity index (χ0) is 25.5. The van der Waals surface area contributed by atoms with Crippen molar-refractivity contribution in [3.63, 3.8) is 0 Å². The van der Waals surface area contributed by atoms with Gasteiger partial charge in [0, 0.05) is 28.2 Å².